The normalized spacial score (nSPS) is 9.67. The number of ether oxygens (including phenoxy) is 1. The maximum atomic E-state index is 11.6. The number of methoxy groups -OCH3 is 1. The van der Waals surface area contributed by atoms with Crippen LogP contribution in [0.1, 0.15) is 18.4 Å². The van der Waals surface area contributed by atoms with Crippen LogP contribution in [-0.2, 0) is 11.3 Å². The number of halogens is 1. The molecule has 0 aromatic heterocycles. The fraction of sp³-hybridized carbons (Fsp3) is 0.385. The average Bonchev–Trinajstić information content (AvgIpc) is 2.36. The topological polar surface area (TPSA) is 53.3 Å². The van der Waals surface area contributed by atoms with Crippen molar-refractivity contribution >= 4 is 17.5 Å². The lowest BCUT2D eigenvalue weighted by molar-refractivity contribution is -0.130. The van der Waals surface area contributed by atoms with Crippen molar-refractivity contribution in [2.45, 2.75) is 19.4 Å². The molecule has 0 radical (unpaired) electrons. The molecule has 96 valence electrons. The largest absolute Gasteiger partial charge is 0.495 e. The van der Waals surface area contributed by atoms with E-state index in [1.165, 1.54) is 0 Å². The van der Waals surface area contributed by atoms with Gasteiger partial charge in [-0.1, -0.05) is 17.7 Å². The number of carbonyl (C=O) groups is 1. The van der Waals surface area contributed by atoms with E-state index >= 15 is 0 Å². The summed E-state index contributed by atoms with van der Waals surface area (Å²) < 4.78 is 5.06. The SMILES string of the molecule is COc1ccc(CN(C)C(=O)CCC#N)cc1Cl. The molecule has 0 fully saturated rings. The second kappa shape index (κ2) is 6.87. The molecular formula is C13H15ClN2O2. The van der Waals surface area contributed by atoms with Crippen LogP contribution < -0.4 is 4.74 Å². The van der Waals surface area contributed by atoms with Crippen LogP contribution >= 0.6 is 11.6 Å². The van der Waals surface area contributed by atoms with Gasteiger partial charge in [0.1, 0.15) is 5.75 Å². The van der Waals surface area contributed by atoms with E-state index in [0.29, 0.717) is 17.3 Å². The summed E-state index contributed by atoms with van der Waals surface area (Å²) in [7, 11) is 3.26. The van der Waals surface area contributed by atoms with E-state index in [4.69, 9.17) is 21.6 Å². The maximum Gasteiger partial charge on any atom is 0.223 e. The third kappa shape index (κ3) is 3.94. The zero-order chi connectivity index (χ0) is 13.5. The lowest BCUT2D eigenvalue weighted by atomic mass is 10.2. The zero-order valence-corrected chi connectivity index (χ0v) is 11.2. The van der Waals surface area contributed by atoms with Gasteiger partial charge in [0.15, 0.2) is 0 Å². The fourth-order valence-electron chi connectivity index (χ4n) is 1.52. The molecule has 0 bridgehead atoms. The van der Waals surface area contributed by atoms with E-state index in [1.54, 1.807) is 31.2 Å². The summed E-state index contributed by atoms with van der Waals surface area (Å²) in [6.45, 7) is 0.466. The van der Waals surface area contributed by atoms with Crippen molar-refractivity contribution in [1.82, 2.24) is 4.90 Å². The molecule has 0 atom stereocenters. The van der Waals surface area contributed by atoms with Crippen molar-refractivity contribution < 1.29 is 9.53 Å². The summed E-state index contributed by atoms with van der Waals surface area (Å²) in [5, 5.41) is 8.95. The Morgan fingerprint density at radius 3 is 2.83 bits per heavy atom. The Kier molecular flexibility index (Phi) is 5.47. The van der Waals surface area contributed by atoms with Crippen LogP contribution in [-0.4, -0.2) is 25.0 Å². The van der Waals surface area contributed by atoms with Crippen LogP contribution in [0.25, 0.3) is 0 Å². The average molecular weight is 267 g/mol. The predicted molar refractivity (Wildman–Crippen MR) is 69.3 cm³/mol. The first kappa shape index (κ1) is 14.3. The molecule has 0 heterocycles. The fourth-order valence-corrected chi connectivity index (χ4v) is 1.80. The Bertz CT molecular complexity index is 469. The molecule has 0 spiro atoms. The molecule has 0 unspecified atom stereocenters. The molecule has 0 aliphatic heterocycles. The van der Waals surface area contributed by atoms with E-state index in [-0.39, 0.29) is 18.7 Å². The smallest absolute Gasteiger partial charge is 0.223 e. The number of nitrogens with zero attached hydrogens (tertiary/aromatic N) is 2. The number of hydrogen-bond acceptors (Lipinski definition) is 3. The number of amides is 1. The first-order valence-electron chi connectivity index (χ1n) is 5.51. The van der Waals surface area contributed by atoms with E-state index < -0.39 is 0 Å². The highest BCUT2D eigenvalue weighted by Gasteiger charge is 2.10. The molecule has 0 N–H and O–H groups in total. The van der Waals surface area contributed by atoms with Gasteiger partial charge in [0.25, 0.3) is 0 Å². The third-order valence-electron chi connectivity index (χ3n) is 2.51. The van der Waals surface area contributed by atoms with Crippen LogP contribution in [0.5, 0.6) is 5.75 Å². The van der Waals surface area contributed by atoms with Crippen molar-refractivity contribution in [2.24, 2.45) is 0 Å². The number of hydrogen-bond donors (Lipinski definition) is 0. The molecule has 18 heavy (non-hydrogen) atoms. The number of rotatable bonds is 5. The minimum Gasteiger partial charge on any atom is -0.495 e. The second-order valence-corrected chi connectivity index (χ2v) is 4.28. The summed E-state index contributed by atoms with van der Waals surface area (Å²) in [5.74, 6) is 0.558. The van der Waals surface area contributed by atoms with Gasteiger partial charge in [0.05, 0.1) is 18.2 Å². The van der Waals surface area contributed by atoms with Crippen molar-refractivity contribution in [3.8, 4) is 11.8 Å². The molecule has 5 heteroatoms. The van der Waals surface area contributed by atoms with E-state index in [2.05, 4.69) is 0 Å². The van der Waals surface area contributed by atoms with Crippen molar-refractivity contribution in [3.05, 3.63) is 28.8 Å². The predicted octanol–water partition coefficient (Wildman–Crippen LogP) is 2.61. The van der Waals surface area contributed by atoms with Crippen LogP contribution in [0.4, 0.5) is 0 Å². The standard InChI is InChI=1S/C13H15ClN2O2/c1-16(13(17)4-3-7-15)9-10-5-6-12(18-2)11(14)8-10/h5-6,8H,3-4,9H2,1-2H3. The number of benzene rings is 1. The van der Waals surface area contributed by atoms with E-state index in [9.17, 15) is 4.79 Å². The van der Waals surface area contributed by atoms with Crippen LogP contribution in [0, 0.1) is 11.3 Å². The van der Waals surface area contributed by atoms with Gasteiger partial charge in [-0.2, -0.15) is 5.26 Å². The maximum absolute atomic E-state index is 11.6. The number of nitriles is 1. The lowest BCUT2D eigenvalue weighted by Gasteiger charge is -2.17. The van der Waals surface area contributed by atoms with Gasteiger partial charge in [0.2, 0.25) is 5.91 Å². The first-order chi connectivity index (χ1) is 8.58. The minimum absolute atomic E-state index is 0.0523. The minimum atomic E-state index is -0.0523. The Balaban J connectivity index is 2.65. The van der Waals surface area contributed by atoms with Gasteiger partial charge in [0, 0.05) is 26.4 Å². The molecule has 0 aliphatic carbocycles. The summed E-state index contributed by atoms with van der Waals surface area (Å²) in [5.41, 5.74) is 0.925. The third-order valence-corrected chi connectivity index (χ3v) is 2.81. The molecule has 1 aromatic rings. The zero-order valence-electron chi connectivity index (χ0n) is 10.4. The molecule has 0 aliphatic rings. The van der Waals surface area contributed by atoms with E-state index in [1.807, 2.05) is 12.1 Å². The van der Waals surface area contributed by atoms with Crippen LogP contribution in [0.3, 0.4) is 0 Å². The van der Waals surface area contributed by atoms with Gasteiger partial charge in [-0.3, -0.25) is 4.79 Å². The Labute approximate surface area is 112 Å². The van der Waals surface area contributed by atoms with Crippen molar-refractivity contribution in [2.75, 3.05) is 14.2 Å². The summed E-state index contributed by atoms with van der Waals surface area (Å²) in [6.07, 6.45) is 0.490. The van der Waals surface area contributed by atoms with Gasteiger partial charge >= 0.3 is 0 Å². The number of carbonyl (C=O) groups excluding carboxylic acids is 1. The quantitative estimate of drug-likeness (QED) is 0.823. The highest BCUT2D eigenvalue weighted by molar-refractivity contribution is 6.32. The Morgan fingerprint density at radius 1 is 1.56 bits per heavy atom. The highest BCUT2D eigenvalue weighted by Crippen LogP contribution is 2.25. The Hall–Kier alpha value is -1.73. The molecule has 0 saturated heterocycles. The summed E-state index contributed by atoms with van der Waals surface area (Å²) in [6, 6.07) is 7.36. The Morgan fingerprint density at radius 2 is 2.28 bits per heavy atom. The lowest BCUT2D eigenvalue weighted by Crippen LogP contribution is -2.25. The summed E-state index contributed by atoms with van der Waals surface area (Å²) >= 11 is 6.00. The van der Waals surface area contributed by atoms with Gasteiger partial charge in [-0.15, -0.1) is 0 Å². The van der Waals surface area contributed by atoms with Crippen LogP contribution in [0.15, 0.2) is 18.2 Å². The summed E-state index contributed by atoms with van der Waals surface area (Å²) in [4.78, 5) is 13.2. The molecular weight excluding hydrogens is 252 g/mol. The van der Waals surface area contributed by atoms with Crippen LogP contribution in [0.2, 0.25) is 5.02 Å². The molecule has 4 nitrogen and oxygen atoms in total. The van der Waals surface area contributed by atoms with Gasteiger partial charge < -0.3 is 9.64 Å². The second-order valence-electron chi connectivity index (χ2n) is 3.88. The molecule has 0 saturated carbocycles. The van der Waals surface area contributed by atoms with E-state index in [0.717, 1.165) is 5.56 Å². The monoisotopic (exact) mass is 266 g/mol. The molecule has 1 rings (SSSR count). The van der Waals surface area contributed by atoms with Gasteiger partial charge in [-0.05, 0) is 17.7 Å². The van der Waals surface area contributed by atoms with Crippen molar-refractivity contribution in [3.63, 3.8) is 0 Å². The van der Waals surface area contributed by atoms with Crippen molar-refractivity contribution in [1.29, 1.82) is 5.26 Å². The molecule has 1 aromatic carbocycles. The highest BCUT2D eigenvalue weighted by atomic mass is 35.5. The van der Waals surface area contributed by atoms with Gasteiger partial charge in [-0.25, -0.2) is 0 Å². The molecule has 1 amide bonds. The first-order valence-corrected chi connectivity index (χ1v) is 5.89.